The highest BCUT2D eigenvalue weighted by molar-refractivity contribution is 7.14. The van der Waals surface area contributed by atoms with Gasteiger partial charge in [0.2, 0.25) is 0 Å². The molecular formula is C21H17ClN2O4S. The molecule has 0 aliphatic carbocycles. The molecule has 0 saturated carbocycles. The number of nitrogens with zero attached hydrogens (tertiary/aromatic N) is 1. The van der Waals surface area contributed by atoms with Crippen molar-refractivity contribution in [3.05, 3.63) is 70.6 Å². The van der Waals surface area contributed by atoms with Gasteiger partial charge in [-0.05, 0) is 29.8 Å². The number of rotatable bonds is 7. The molecule has 0 unspecified atom stereocenters. The topological polar surface area (TPSA) is 77.5 Å². The molecule has 29 heavy (non-hydrogen) atoms. The highest BCUT2D eigenvalue weighted by atomic mass is 35.5. The van der Waals surface area contributed by atoms with Crippen LogP contribution in [0.3, 0.4) is 0 Å². The average molecular weight is 429 g/mol. The monoisotopic (exact) mass is 428 g/mol. The van der Waals surface area contributed by atoms with E-state index in [1.54, 1.807) is 36.8 Å². The summed E-state index contributed by atoms with van der Waals surface area (Å²) in [5, 5.41) is 5.37. The van der Waals surface area contributed by atoms with Crippen LogP contribution in [0, 0.1) is 0 Å². The molecule has 6 nitrogen and oxygen atoms in total. The maximum absolute atomic E-state index is 12.0. The van der Waals surface area contributed by atoms with Gasteiger partial charge in [-0.25, -0.2) is 9.78 Å². The highest BCUT2D eigenvalue weighted by Gasteiger charge is 2.11. The van der Waals surface area contributed by atoms with E-state index >= 15 is 0 Å². The van der Waals surface area contributed by atoms with Gasteiger partial charge in [-0.3, -0.25) is 10.1 Å². The predicted molar refractivity (Wildman–Crippen MR) is 114 cm³/mol. The summed E-state index contributed by atoms with van der Waals surface area (Å²) >= 11 is 7.41. The fraction of sp³-hybridized carbons (Fsp3) is 0.0952. The zero-order valence-electron chi connectivity index (χ0n) is 15.4. The number of anilines is 1. The first-order valence-electron chi connectivity index (χ1n) is 8.54. The van der Waals surface area contributed by atoms with Gasteiger partial charge in [0.05, 0.1) is 12.8 Å². The fourth-order valence-corrected chi connectivity index (χ4v) is 3.33. The Morgan fingerprint density at radius 1 is 1.21 bits per heavy atom. The van der Waals surface area contributed by atoms with Gasteiger partial charge < -0.3 is 9.47 Å². The van der Waals surface area contributed by atoms with Crippen molar-refractivity contribution in [2.45, 2.75) is 0 Å². The van der Waals surface area contributed by atoms with E-state index in [0.29, 0.717) is 21.6 Å². The Kier molecular flexibility index (Phi) is 6.99. The molecule has 0 saturated heterocycles. The summed E-state index contributed by atoms with van der Waals surface area (Å²) in [6.07, 6.45) is 2.83. The van der Waals surface area contributed by atoms with Crippen molar-refractivity contribution in [2.24, 2.45) is 0 Å². The molecule has 1 heterocycles. The van der Waals surface area contributed by atoms with Gasteiger partial charge in [-0.2, -0.15) is 0 Å². The lowest BCUT2D eigenvalue weighted by Gasteiger charge is -2.03. The van der Waals surface area contributed by atoms with Crippen molar-refractivity contribution in [1.82, 2.24) is 4.98 Å². The van der Waals surface area contributed by atoms with E-state index in [1.807, 2.05) is 30.3 Å². The number of hydrogen-bond donors (Lipinski definition) is 1. The molecule has 148 valence electrons. The molecule has 1 N–H and O–H groups in total. The van der Waals surface area contributed by atoms with Crippen molar-refractivity contribution in [1.29, 1.82) is 0 Å². The molecular weight excluding hydrogens is 412 g/mol. The first-order valence-corrected chi connectivity index (χ1v) is 9.80. The number of methoxy groups -OCH3 is 1. The molecule has 0 fully saturated rings. The number of thiazole rings is 1. The Balaban J connectivity index is 1.50. The lowest BCUT2D eigenvalue weighted by molar-refractivity contribution is -0.142. The smallest absolute Gasteiger partial charge is 0.331 e. The van der Waals surface area contributed by atoms with E-state index in [9.17, 15) is 9.59 Å². The average Bonchev–Trinajstić information content (AvgIpc) is 3.19. The lowest BCUT2D eigenvalue weighted by atomic mass is 10.2. The van der Waals surface area contributed by atoms with Crippen LogP contribution in [0.5, 0.6) is 5.75 Å². The number of carbonyl (C=O) groups is 2. The Labute approximate surface area is 176 Å². The molecule has 0 atom stereocenters. The Morgan fingerprint density at radius 3 is 2.83 bits per heavy atom. The predicted octanol–water partition coefficient (Wildman–Crippen LogP) is 4.67. The quantitative estimate of drug-likeness (QED) is 0.437. The minimum absolute atomic E-state index is 0.396. The number of carbonyl (C=O) groups excluding carboxylic acids is 2. The number of hydrogen-bond acceptors (Lipinski definition) is 6. The third-order valence-corrected chi connectivity index (χ3v) is 4.84. The fourth-order valence-electron chi connectivity index (χ4n) is 2.37. The van der Waals surface area contributed by atoms with Crippen molar-refractivity contribution in [3.8, 4) is 17.0 Å². The normalized spacial score (nSPS) is 10.7. The summed E-state index contributed by atoms with van der Waals surface area (Å²) in [6.45, 7) is -0.414. The Hall–Kier alpha value is -3.16. The maximum atomic E-state index is 12.0. The van der Waals surface area contributed by atoms with E-state index in [1.165, 1.54) is 17.4 Å². The van der Waals surface area contributed by atoms with Gasteiger partial charge in [0, 0.05) is 22.0 Å². The summed E-state index contributed by atoms with van der Waals surface area (Å²) in [5.74, 6) is -0.424. The second-order valence-electron chi connectivity index (χ2n) is 5.78. The van der Waals surface area contributed by atoms with E-state index in [-0.39, 0.29) is 0 Å². The number of nitrogens with one attached hydrogen (secondary N) is 1. The largest absolute Gasteiger partial charge is 0.497 e. The molecule has 0 aliphatic rings. The first-order chi connectivity index (χ1) is 14.0. The Morgan fingerprint density at radius 2 is 2.03 bits per heavy atom. The third-order valence-electron chi connectivity index (χ3n) is 3.75. The van der Waals surface area contributed by atoms with Crippen LogP contribution in [-0.4, -0.2) is 30.6 Å². The van der Waals surface area contributed by atoms with E-state index < -0.39 is 18.5 Å². The molecule has 3 rings (SSSR count). The van der Waals surface area contributed by atoms with Crippen LogP contribution in [0.25, 0.3) is 17.3 Å². The summed E-state index contributed by atoms with van der Waals surface area (Å²) in [5.41, 5.74) is 2.22. The molecule has 1 aromatic heterocycles. The lowest BCUT2D eigenvalue weighted by Crippen LogP contribution is -2.20. The third kappa shape index (κ3) is 5.91. The molecule has 1 amide bonds. The first kappa shape index (κ1) is 20.6. The molecule has 8 heteroatoms. The van der Waals surface area contributed by atoms with Gasteiger partial charge in [-0.1, -0.05) is 41.9 Å². The standard InChI is InChI=1S/C21H17ClN2O4S/c1-27-15-6-4-5-14(11-15)9-10-20(26)28-12-19(25)24-21-23-18(13-29-21)16-7-2-3-8-17(16)22/h2-11,13H,12H2,1H3,(H,23,24,25)/b10-9+. The van der Waals surface area contributed by atoms with Crippen LogP contribution < -0.4 is 10.1 Å². The number of benzene rings is 2. The zero-order chi connectivity index (χ0) is 20.6. The van der Waals surface area contributed by atoms with Gasteiger partial charge in [0.1, 0.15) is 5.75 Å². The van der Waals surface area contributed by atoms with Gasteiger partial charge in [-0.15, -0.1) is 11.3 Å². The number of esters is 1. The van der Waals surface area contributed by atoms with Crippen molar-refractivity contribution >= 4 is 46.0 Å². The zero-order valence-corrected chi connectivity index (χ0v) is 17.0. The van der Waals surface area contributed by atoms with Crippen molar-refractivity contribution < 1.29 is 19.1 Å². The maximum Gasteiger partial charge on any atom is 0.331 e. The second-order valence-corrected chi connectivity index (χ2v) is 7.05. The van der Waals surface area contributed by atoms with E-state index in [4.69, 9.17) is 21.1 Å². The molecule has 3 aromatic rings. The van der Waals surface area contributed by atoms with E-state index in [0.717, 1.165) is 11.1 Å². The summed E-state index contributed by atoms with van der Waals surface area (Å²) in [4.78, 5) is 28.1. The minimum Gasteiger partial charge on any atom is -0.497 e. The van der Waals surface area contributed by atoms with Crippen LogP contribution in [0.2, 0.25) is 5.02 Å². The van der Waals surface area contributed by atoms with Crippen LogP contribution in [0.15, 0.2) is 60.0 Å². The van der Waals surface area contributed by atoms with Crippen molar-refractivity contribution in [2.75, 3.05) is 19.0 Å². The number of halogens is 1. The van der Waals surface area contributed by atoms with Crippen LogP contribution in [0.1, 0.15) is 5.56 Å². The number of ether oxygens (including phenoxy) is 2. The second kappa shape index (κ2) is 9.86. The van der Waals surface area contributed by atoms with Crippen LogP contribution >= 0.6 is 22.9 Å². The summed E-state index contributed by atoms with van der Waals surface area (Å²) in [6, 6.07) is 14.5. The van der Waals surface area contributed by atoms with Gasteiger partial charge >= 0.3 is 5.97 Å². The van der Waals surface area contributed by atoms with Gasteiger partial charge in [0.15, 0.2) is 11.7 Å². The van der Waals surface area contributed by atoms with E-state index in [2.05, 4.69) is 10.3 Å². The summed E-state index contributed by atoms with van der Waals surface area (Å²) < 4.78 is 10.1. The molecule has 0 aliphatic heterocycles. The molecule has 0 bridgehead atoms. The molecule has 0 radical (unpaired) electrons. The van der Waals surface area contributed by atoms with Crippen LogP contribution in [0.4, 0.5) is 5.13 Å². The number of aromatic nitrogens is 1. The van der Waals surface area contributed by atoms with Gasteiger partial charge in [0.25, 0.3) is 5.91 Å². The van der Waals surface area contributed by atoms with Crippen LogP contribution in [-0.2, 0) is 14.3 Å². The summed E-state index contributed by atoms with van der Waals surface area (Å²) in [7, 11) is 1.57. The van der Waals surface area contributed by atoms with Crippen molar-refractivity contribution in [3.63, 3.8) is 0 Å². The minimum atomic E-state index is -0.626. The highest BCUT2D eigenvalue weighted by Crippen LogP contribution is 2.30. The SMILES string of the molecule is COc1cccc(/C=C/C(=O)OCC(=O)Nc2nc(-c3ccccc3Cl)cs2)c1. The molecule has 2 aromatic carbocycles. The Bertz CT molecular complexity index is 1050. The molecule has 0 spiro atoms. The number of amides is 1.